The first-order chi connectivity index (χ1) is 9.11. The summed E-state index contributed by atoms with van der Waals surface area (Å²) >= 11 is 0. The fraction of sp³-hybridized carbons (Fsp3) is 0.467. The molecule has 1 saturated heterocycles. The number of benzene rings is 1. The molecule has 0 radical (unpaired) electrons. The lowest BCUT2D eigenvalue weighted by molar-refractivity contribution is 0.0708. The molecule has 4 nitrogen and oxygen atoms in total. The molecule has 1 amide bonds. The summed E-state index contributed by atoms with van der Waals surface area (Å²) < 4.78 is 0. The van der Waals surface area contributed by atoms with Crippen LogP contribution in [0, 0.1) is 0 Å². The molecule has 1 heterocycles. The molecule has 19 heavy (non-hydrogen) atoms. The predicted molar refractivity (Wildman–Crippen MR) is 74.2 cm³/mol. The number of piperidine rings is 1. The number of nitrogens with zero attached hydrogens (tertiary/aromatic N) is 1. The lowest BCUT2D eigenvalue weighted by atomic mass is 10.0. The van der Waals surface area contributed by atoms with Crippen LogP contribution in [0.3, 0.4) is 0 Å². The van der Waals surface area contributed by atoms with Gasteiger partial charge in [0.25, 0.3) is 5.91 Å². The number of hydrogen-bond acceptors (Lipinski definition) is 3. The summed E-state index contributed by atoms with van der Waals surface area (Å²) in [5, 5.41) is 0. The van der Waals surface area contributed by atoms with Crippen molar-refractivity contribution in [2.75, 3.05) is 13.1 Å². The summed E-state index contributed by atoms with van der Waals surface area (Å²) in [5.41, 5.74) is 7.17. The maximum absolute atomic E-state index is 12.3. The molecular formula is C15H20N2O2. The molecular weight excluding hydrogens is 240 g/mol. The maximum Gasteiger partial charge on any atom is 0.253 e. The highest BCUT2D eigenvalue weighted by molar-refractivity contribution is 5.98. The Balaban J connectivity index is 2.09. The zero-order valence-corrected chi connectivity index (χ0v) is 11.3. The van der Waals surface area contributed by atoms with E-state index in [1.165, 1.54) is 0 Å². The summed E-state index contributed by atoms with van der Waals surface area (Å²) in [6, 6.07) is 6.99. The molecule has 102 valence electrons. The average molecular weight is 260 g/mol. The number of rotatable bonds is 3. The standard InChI is InChI=1S/C15H20N2O2/c1-2-14(18)11-5-7-12(8-6-11)15(19)17-9-3-4-13(16)10-17/h5-8,13H,2-4,9-10,16H2,1H3. The molecule has 1 unspecified atom stereocenters. The van der Waals surface area contributed by atoms with Crippen molar-refractivity contribution < 1.29 is 9.59 Å². The molecule has 0 saturated carbocycles. The molecule has 1 fully saturated rings. The van der Waals surface area contributed by atoms with Crippen LogP contribution in [0.25, 0.3) is 0 Å². The molecule has 1 aliphatic heterocycles. The van der Waals surface area contributed by atoms with Gasteiger partial charge in [0.05, 0.1) is 0 Å². The third kappa shape index (κ3) is 3.20. The minimum atomic E-state index is 0.00523. The van der Waals surface area contributed by atoms with E-state index in [1.807, 2.05) is 6.92 Å². The van der Waals surface area contributed by atoms with E-state index in [-0.39, 0.29) is 17.7 Å². The normalized spacial score (nSPS) is 19.3. The molecule has 1 atom stereocenters. The fourth-order valence-electron chi connectivity index (χ4n) is 2.38. The second-order valence-corrected chi connectivity index (χ2v) is 5.01. The van der Waals surface area contributed by atoms with Gasteiger partial charge in [-0.15, -0.1) is 0 Å². The third-order valence-corrected chi connectivity index (χ3v) is 3.52. The Morgan fingerprint density at radius 3 is 2.47 bits per heavy atom. The predicted octanol–water partition coefficient (Wildman–Crippen LogP) is 1.84. The smallest absolute Gasteiger partial charge is 0.253 e. The van der Waals surface area contributed by atoms with Crippen LogP contribution in [0.1, 0.15) is 46.9 Å². The average Bonchev–Trinajstić information content (AvgIpc) is 2.46. The summed E-state index contributed by atoms with van der Waals surface area (Å²) in [5.74, 6) is 0.102. The van der Waals surface area contributed by atoms with Crippen molar-refractivity contribution in [2.45, 2.75) is 32.2 Å². The Morgan fingerprint density at radius 1 is 1.26 bits per heavy atom. The van der Waals surface area contributed by atoms with Gasteiger partial charge >= 0.3 is 0 Å². The SMILES string of the molecule is CCC(=O)c1ccc(C(=O)N2CCCC(N)C2)cc1. The van der Waals surface area contributed by atoms with Crippen LogP contribution in [0.15, 0.2) is 24.3 Å². The summed E-state index contributed by atoms with van der Waals surface area (Å²) in [6.07, 6.45) is 2.42. The van der Waals surface area contributed by atoms with Crippen LogP contribution in [0.4, 0.5) is 0 Å². The molecule has 0 aliphatic carbocycles. The van der Waals surface area contributed by atoms with Gasteiger partial charge in [-0.3, -0.25) is 9.59 Å². The number of likely N-dealkylation sites (tertiary alicyclic amines) is 1. The van der Waals surface area contributed by atoms with Crippen molar-refractivity contribution >= 4 is 11.7 Å². The van der Waals surface area contributed by atoms with Crippen LogP contribution in [0.5, 0.6) is 0 Å². The molecule has 0 bridgehead atoms. The van der Waals surface area contributed by atoms with Crippen molar-refractivity contribution in [3.8, 4) is 0 Å². The Morgan fingerprint density at radius 2 is 1.89 bits per heavy atom. The highest BCUT2D eigenvalue weighted by Crippen LogP contribution is 2.14. The largest absolute Gasteiger partial charge is 0.337 e. The van der Waals surface area contributed by atoms with Crippen molar-refractivity contribution in [1.82, 2.24) is 4.90 Å². The second-order valence-electron chi connectivity index (χ2n) is 5.01. The molecule has 2 N–H and O–H groups in total. The van der Waals surface area contributed by atoms with Crippen molar-refractivity contribution in [3.63, 3.8) is 0 Å². The number of hydrogen-bond donors (Lipinski definition) is 1. The van der Waals surface area contributed by atoms with Gasteiger partial charge in [-0.2, -0.15) is 0 Å². The van der Waals surface area contributed by atoms with Crippen LogP contribution in [-0.2, 0) is 0 Å². The number of carbonyl (C=O) groups excluding carboxylic acids is 2. The van der Waals surface area contributed by atoms with Crippen LogP contribution in [-0.4, -0.2) is 35.7 Å². The van der Waals surface area contributed by atoms with Gasteiger partial charge in [0, 0.05) is 36.7 Å². The molecule has 4 heteroatoms. The van der Waals surface area contributed by atoms with Gasteiger partial charge < -0.3 is 10.6 Å². The fourth-order valence-corrected chi connectivity index (χ4v) is 2.38. The molecule has 0 spiro atoms. The first-order valence-corrected chi connectivity index (χ1v) is 6.80. The topological polar surface area (TPSA) is 63.4 Å². The van der Waals surface area contributed by atoms with Crippen LogP contribution in [0.2, 0.25) is 0 Å². The lowest BCUT2D eigenvalue weighted by Crippen LogP contribution is -2.45. The van der Waals surface area contributed by atoms with Crippen LogP contribution < -0.4 is 5.73 Å². The minimum Gasteiger partial charge on any atom is -0.337 e. The molecule has 0 aromatic heterocycles. The van der Waals surface area contributed by atoms with E-state index in [0.29, 0.717) is 24.1 Å². The second kappa shape index (κ2) is 5.97. The number of amides is 1. The first kappa shape index (κ1) is 13.7. The Labute approximate surface area is 113 Å². The summed E-state index contributed by atoms with van der Waals surface area (Å²) in [6.45, 7) is 3.22. The van der Waals surface area contributed by atoms with Gasteiger partial charge in [0.15, 0.2) is 5.78 Å². The summed E-state index contributed by atoms with van der Waals surface area (Å²) in [4.78, 5) is 25.6. The van der Waals surface area contributed by atoms with E-state index in [1.54, 1.807) is 29.2 Å². The quantitative estimate of drug-likeness (QED) is 0.843. The van der Waals surface area contributed by atoms with E-state index in [0.717, 1.165) is 19.4 Å². The lowest BCUT2D eigenvalue weighted by Gasteiger charge is -2.30. The van der Waals surface area contributed by atoms with Gasteiger partial charge in [0.2, 0.25) is 0 Å². The minimum absolute atomic E-state index is 0.00523. The van der Waals surface area contributed by atoms with E-state index >= 15 is 0 Å². The number of Topliss-reactive ketones (excluding diaryl/α,β-unsaturated/α-hetero) is 1. The monoisotopic (exact) mass is 260 g/mol. The van der Waals surface area contributed by atoms with Crippen molar-refractivity contribution in [1.29, 1.82) is 0 Å². The zero-order chi connectivity index (χ0) is 13.8. The van der Waals surface area contributed by atoms with E-state index in [4.69, 9.17) is 5.73 Å². The van der Waals surface area contributed by atoms with Crippen molar-refractivity contribution in [2.24, 2.45) is 5.73 Å². The maximum atomic E-state index is 12.3. The van der Waals surface area contributed by atoms with Gasteiger partial charge in [-0.1, -0.05) is 19.1 Å². The van der Waals surface area contributed by atoms with Gasteiger partial charge in [-0.05, 0) is 25.0 Å². The highest BCUT2D eigenvalue weighted by Gasteiger charge is 2.22. The molecule has 2 rings (SSSR count). The molecule has 1 aliphatic rings. The Hall–Kier alpha value is -1.68. The van der Waals surface area contributed by atoms with Crippen LogP contribution >= 0.6 is 0 Å². The Bertz CT molecular complexity index is 468. The highest BCUT2D eigenvalue weighted by atomic mass is 16.2. The molecule has 1 aromatic carbocycles. The Kier molecular flexibility index (Phi) is 4.32. The molecule has 1 aromatic rings. The first-order valence-electron chi connectivity index (χ1n) is 6.80. The van der Waals surface area contributed by atoms with Crippen molar-refractivity contribution in [3.05, 3.63) is 35.4 Å². The summed E-state index contributed by atoms with van der Waals surface area (Å²) in [7, 11) is 0. The van der Waals surface area contributed by atoms with E-state index < -0.39 is 0 Å². The number of nitrogens with two attached hydrogens (primary N) is 1. The van der Waals surface area contributed by atoms with E-state index in [9.17, 15) is 9.59 Å². The van der Waals surface area contributed by atoms with Gasteiger partial charge in [-0.25, -0.2) is 0 Å². The third-order valence-electron chi connectivity index (χ3n) is 3.52. The van der Waals surface area contributed by atoms with E-state index in [2.05, 4.69) is 0 Å². The zero-order valence-electron chi connectivity index (χ0n) is 11.3. The number of ketones is 1. The van der Waals surface area contributed by atoms with Gasteiger partial charge in [0.1, 0.15) is 0 Å². The number of carbonyl (C=O) groups is 2.